The predicted molar refractivity (Wildman–Crippen MR) is 101 cm³/mol. The fraction of sp³-hybridized carbons (Fsp3) is 0.278. The highest BCUT2D eigenvalue weighted by Crippen LogP contribution is 2.19. The molecule has 1 fully saturated rings. The van der Waals surface area contributed by atoms with Gasteiger partial charge in [-0.1, -0.05) is 0 Å². The maximum atomic E-state index is 4.41. The average Bonchev–Trinajstić information content (AvgIpc) is 3.19. The van der Waals surface area contributed by atoms with E-state index < -0.39 is 0 Å². The van der Waals surface area contributed by atoms with E-state index in [2.05, 4.69) is 64.9 Å². The van der Waals surface area contributed by atoms with Crippen LogP contribution in [0.2, 0.25) is 0 Å². The molecule has 0 atom stereocenters. The highest BCUT2D eigenvalue weighted by atomic mass is 79.9. The standard InChI is InChI=1S/C18H19BrN6/c19-18-12-21-15(11-22-18)13-23-7-9-24(10-8-23)16-1-3-17(4-2-16)25-6-5-20-14-25/h1-6,11-12,14H,7-10,13H2. The maximum absolute atomic E-state index is 4.41. The molecule has 1 aliphatic heterocycles. The molecule has 0 radical (unpaired) electrons. The van der Waals surface area contributed by atoms with Crippen LogP contribution in [-0.2, 0) is 6.54 Å². The minimum Gasteiger partial charge on any atom is -0.369 e. The van der Waals surface area contributed by atoms with Crippen LogP contribution in [0.25, 0.3) is 5.69 Å². The molecule has 4 rings (SSSR count). The van der Waals surface area contributed by atoms with Crippen LogP contribution in [0.5, 0.6) is 0 Å². The number of imidazole rings is 1. The molecule has 1 aliphatic rings. The van der Waals surface area contributed by atoms with Crippen LogP contribution in [0.15, 0.2) is 60.0 Å². The average molecular weight is 399 g/mol. The van der Waals surface area contributed by atoms with Gasteiger partial charge in [0.25, 0.3) is 0 Å². The summed E-state index contributed by atoms with van der Waals surface area (Å²) >= 11 is 3.32. The molecule has 0 bridgehead atoms. The molecule has 25 heavy (non-hydrogen) atoms. The van der Waals surface area contributed by atoms with Gasteiger partial charge in [0.15, 0.2) is 0 Å². The van der Waals surface area contributed by atoms with Crippen molar-refractivity contribution in [2.24, 2.45) is 0 Å². The molecule has 7 heteroatoms. The van der Waals surface area contributed by atoms with Crippen LogP contribution in [0.1, 0.15) is 5.69 Å². The van der Waals surface area contributed by atoms with Crippen molar-refractivity contribution in [3.8, 4) is 5.69 Å². The van der Waals surface area contributed by atoms with E-state index in [0.29, 0.717) is 0 Å². The van der Waals surface area contributed by atoms with E-state index in [1.54, 1.807) is 12.4 Å². The van der Waals surface area contributed by atoms with E-state index in [4.69, 9.17) is 0 Å². The van der Waals surface area contributed by atoms with Gasteiger partial charge in [-0.2, -0.15) is 0 Å². The van der Waals surface area contributed by atoms with Gasteiger partial charge in [0.1, 0.15) is 4.60 Å². The predicted octanol–water partition coefficient (Wildman–Crippen LogP) is 2.75. The molecule has 6 nitrogen and oxygen atoms in total. The number of benzene rings is 1. The molecule has 0 amide bonds. The number of aromatic nitrogens is 4. The lowest BCUT2D eigenvalue weighted by molar-refractivity contribution is 0.247. The molecule has 0 saturated carbocycles. The molecular formula is C18H19BrN6. The molecule has 1 saturated heterocycles. The normalized spacial score (nSPS) is 15.5. The first-order valence-electron chi connectivity index (χ1n) is 8.30. The minimum absolute atomic E-state index is 0.778. The lowest BCUT2D eigenvalue weighted by atomic mass is 10.2. The Morgan fingerprint density at radius 1 is 0.920 bits per heavy atom. The smallest absolute Gasteiger partial charge is 0.124 e. The minimum atomic E-state index is 0.778. The monoisotopic (exact) mass is 398 g/mol. The molecule has 0 unspecified atom stereocenters. The zero-order valence-electron chi connectivity index (χ0n) is 13.8. The second-order valence-corrected chi connectivity index (χ2v) is 6.89. The summed E-state index contributed by atoms with van der Waals surface area (Å²) in [7, 11) is 0. The second kappa shape index (κ2) is 7.33. The van der Waals surface area contributed by atoms with Crippen LogP contribution in [0, 0.1) is 0 Å². The Morgan fingerprint density at radius 2 is 1.68 bits per heavy atom. The molecule has 0 N–H and O–H groups in total. The molecule has 0 spiro atoms. The van der Waals surface area contributed by atoms with Gasteiger partial charge in [-0.15, -0.1) is 0 Å². The van der Waals surface area contributed by atoms with E-state index in [0.717, 1.165) is 48.7 Å². The molecule has 3 aromatic rings. The van der Waals surface area contributed by atoms with E-state index in [9.17, 15) is 0 Å². The van der Waals surface area contributed by atoms with Gasteiger partial charge in [0.2, 0.25) is 0 Å². The highest BCUT2D eigenvalue weighted by Gasteiger charge is 2.17. The Morgan fingerprint density at radius 3 is 2.32 bits per heavy atom. The van der Waals surface area contributed by atoms with Crippen molar-refractivity contribution in [2.45, 2.75) is 6.54 Å². The Bertz CT molecular complexity index is 793. The van der Waals surface area contributed by atoms with E-state index >= 15 is 0 Å². The SMILES string of the molecule is Brc1cnc(CN2CCN(c3ccc(-n4ccnc4)cc3)CC2)cn1. The van der Waals surface area contributed by atoms with Crippen molar-refractivity contribution >= 4 is 21.6 Å². The Kier molecular flexibility index (Phi) is 4.76. The molecule has 128 valence electrons. The van der Waals surface area contributed by atoms with Gasteiger partial charge in [-0.05, 0) is 40.2 Å². The number of anilines is 1. The number of rotatable bonds is 4. The summed E-state index contributed by atoms with van der Waals surface area (Å²) in [6.07, 6.45) is 9.17. The van der Waals surface area contributed by atoms with Crippen molar-refractivity contribution < 1.29 is 0 Å². The fourth-order valence-electron chi connectivity index (χ4n) is 3.06. The largest absolute Gasteiger partial charge is 0.369 e. The van der Waals surface area contributed by atoms with Gasteiger partial charge in [0.05, 0.1) is 24.4 Å². The van der Waals surface area contributed by atoms with Crippen LogP contribution in [0.3, 0.4) is 0 Å². The number of hydrogen-bond acceptors (Lipinski definition) is 5. The van der Waals surface area contributed by atoms with Gasteiger partial charge in [0, 0.05) is 56.5 Å². The Labute approximate surface area is 155 Å². The molecule has 0 aliphatic carbocycles. The van der Waals surface area contributed by atoms with Crippen LogP contribution < -0.4 is 4.90 Å². The van der Waals surface area contributed by atoms with Gasteiger partial charge in [-0.25, -0.2) is 9.97 Å². The first kappa shape index (κ1) is 16.2. The summed E-state index contributed by atoms with van der Waals surface area (Å²) in [5.74, 6) is 0. The second-order valence-electron chi connectivity index (χ2n) is 6.08. The lowest BCUT2D eigenvalue weighted by Gasteiger charge is -2.36. The molecular weight excluding hydrogens is 380 g/mol. The Balaban J connectivity index is 1.34. The topological polar surface area (TPSA) is 50.1 Å². The van der Waals surface area contributed by atoms with Gasteiger partial charge >= 0.3 is 0 Å². The zero-order valence-corrected chi connectivity index (χ0v) is 15.4. The quantitative estimate of drug-likeness (QED) is 0.676. The van der Waals surface area contributed by atoms with Crippen molar-refractivity contribution in [3.63, 3.8) is 0 Å². The summed E-state index contributed by atoms with van der Waals surface area (Å²) in [5.41, 5.74) is 3.42. The number of piperazine rings is 1. The van der Waals surface area contributed by atoms with E-state index in [1.165, 1.54) is 5.69 Å². The first-order chi connectivity index (χ1) is 12.3. The summed E-state index contributed by atoms with van der Waals surface area (Å²) in [6.45, 7) is 4.96. The number of nitrogens with zero attached hydrogens (tertiary/aromatic N) is 6. The maximum Gasteiger partial charge on any atom is 0.124 e. The van der Waals surface area contributed by atoms with Crippen LogP contribution in [-0.4, -0.2) is 50.6 Å². The van der Waals surface area contributed by atoms with Crippen LogP contribution in [0.4, 0.5) is 5.69 Å². The third kappa shape index (κ3) is 3.88. The summed E-state index contributed by atoms with van der Waals surface area (Å²) < 4.78 is 2.79. The van der Waals surface area contributed by atoms with Crippen molar-refractivity contribution in [2.75, 3.05) is 31.1 Å². The third-order valence-electron chi connectivity index (χ3n) is 4.45. The van der Waals surface area contributed by atoms with Gasteiger partial charge in [-0.3, -0.25) is 9.88 Å². The summed E-state index contributed by atoms with van der Waals surface area (Å²) in [5, 5.41) is 0. The van der Waals surface area contributed by atoms with Crippen molar-refractivity contribution in [3.05, 3.63) is 65.7 Å². The fourth-order valence-corrected chi connectivity index (χ4v) is 3.27. The molecule has 3 heterocycles. The van der Waals surface area contributed by atoms with Crippen molar-refractivity contribution in [1.82, 2.24) is 24.4 Å². The summed E-state index contributed by atoms with van der Waals surface area (Å²) in [4.78, 5) is 17.6. The highest BCUT2D eigenvalue weighted by molar-refractivity contribution is 9.10. The van der Waals surface area contributed by atoms with E-state index in [-0.39, 0.29) is 0 Å². The third-order valence-corrected chi connectivity index (χ3v) is 4.86. The summed E-state index contributed by atoms with van der Waals surface area (Å²) in [6, 6.07) is 8.65. The van der Waals surface area contributed by atoms with Gasteiger partial charge < -0.3 is 9.47 Å². The number of hydrogen-bond donors (Lipinski definition) is 0. The van der Waals surface area contributed by atoms with E-state index in [1.807, 2.05) is 23.3 Å². The van der Waals surface area contributed by atoms with Crippen molar-refractivity contribution in [1.29, 1.82) is 0 Å². The number of halogens is 1. The van der Waals surface area contributed by atoms with Crippen LogP contribution >= 0.6 is 15.9 Å². The lowest BCUT2D eigenvalue weighted by Crippen LogP contribution is -2.46. The molecule has 2 aromatic heterocycles. The molecule has 1 aromatic carbocycles. The first-order valence-corrected chi connectivity index (χ1v) is 9.09. The zero-order chi connectivity index (χ0) is 17.1. The Hall–Kier alpha value is -2.25.